The van der Waals surface area contributed by atoms with Crippen LogP contribution in [0.3, 0.4) is 0 Å². The van der Waals surface area contributed by atoms with Crippen molar-refractivity contribution in [1.29, 1.82) is 0 Å². The SMILES string of the molecule is CCCCC1CN(CC)N(CC)C1. The topological polar surface area (TPSA) is 6.48 Å². The summed E-state index contributed by atoms with van der Waals surface area (Å²) in [6.07, 6.45) is 4.16. The van der Waals surface area contributed by atoms with Gasteiger partial charge in [-0.3, -0.25) is 0 Å². The Balaban J connectivity index is 2.30. The highest BCUT2D eigenvalue weighted by Crippen LogP contribution is 2.20. The summed E-state index contributed by atoms with van der Waals surface area (Å²) in [5.41, 5.74) is 0. The van der Waals surface area contributed by atoms with Crippen molar-refractivity contribution in [2.45, 2.75) is 40.0 Å². The van der Waals surface area contributed by atoms with Crippen molar-refractivity contribution in [1.82, 2.24) is 10.0 Å². The van der Waals surface area contributed by atoms with Crippen LogP contribution in [-0.4, -0.2) is 36.2 Å². The Kier molecular flexibility index (Phi) is 4.74. The molecule has 0 unspecified atom stereocenters. The van der Waals surface area contributed by atoms with E-state index in [-0.39, 0.29) is 0 Å². The fourth-order valence-corrected chi connectivity index (χ4v) is 2.22. The van der Waals surface area contributed by atoms with Gasteiger partial charge in [-0.2, -0.15) is 0 Å². The largest absolute Gasteiger partial charge is 0.242 e. The second-order valence-electron chi connectivity index (χ2n) is 4.02. The lowest BCUT2D eigenvalue weighted by Crippen LogP contribution is -2.35. The normalized spacial score (nSPS) is 21.5. The van der Waals surface area contributed by atoms with Crippen LogP contribution in [0.15, 0.2) is 0 Å². The molecule has 13 heavy (non-hydrogen) atoms. The summed E-state index contributed by atoms with van der Waals surface area (Å²) in [5.74, 6) is 0.930. The van der Waals surface area contributed by atoms with Gasteiger partial charge >= 0.3 is 0 Å². The maximum atomic E-state index is 2.50. The molecular formula is C11H24N2. The summed E-state index contributed by atoms with van der Waals surface area (Å²) in [5, 5.41) is 5.00. The van der Waals surface area contributed by atoms with Crippen molar-refractivity contribution in [3.8, 4) is 0 Å². The van der Waals surface area contributed by atoms with Gasteiger partial charge in [-0.05, 0) is 12.3 Å². The number of rotatable bonds is 5. The molecule has 78 valence electrons. The average molecular weight is 184 g/mol. The zero-order chi connectivity index (χ0) is 9.68. The first kappa shape index (κ1) is 11.0. The standard InChI is InChI=1S/C11H24N2/c1-4-7-8-11-9-12(5-2)13(6-3)10-11/h11H,4-10H2,1-3H3. The number of unbranched alkanes of at least 4 members (excludes halogenated alkanes) is 1. The van der Waals surface area contributed by atoms with E-state index >= 15 is 0 Å². The van der Waals surface area contributed by atoms with Crippen LogP contribution < -0.4 is 0 Å². The minimum absolute atomic E-state index is 0.930. The first-order valence-electron chi connectivity index (χ1n) is 5.81. The molecule has 0 N–H and O–H groups in total. The summed E-state index contributed by atoms with van der Waals surface area (Å²) in [7, 11) is 0. The summed E-state index contributed by atoms with van der Waals surface area (Å²) in [4.78, 5) is 0. The molecule has 1 aliphatic heterocycles. The maximum absolute atomic E-state index is 2.50. The number of hydrazine groups is 1. The quantitative estimate of drug-likeness (QED) is 0.647. The van der Waals surface area contributed by atoms with Crippen LogP contribution in [-0.2, 0) is 0 Å². The summed E-state index contributed by atoms with van der Waals surface area (Å²) in [6.45, 7) is 11.7. The molecule has 0 saturated carbocycles. The van der Waals surface area contributed by atoms with Gasteiger partial charge in [0.25, 0.3) is 0 Å². The van der Waals surface area contributed by atoms with E-state index in [1.54, 1.807) is 0 Å². The number of hydrogen-bond acceptors (Lipinski definition) is 2. The molecule has 0 aromatic carbocycles. The van der Waals surface area contributed by atoms with E-state index in [0.29, 0.717) is 0 Å². The Hall–Kier alpha value is -0.0800. The van der Waals surface area contributed by atoms with Crippen molar-refractivity contribution >= 4 is 0 Å². The van der Waals surface area contributed by atoms with E-state index < -0.39 is 0 Å². The van der Waals surface area contributed by atoms with Gasteiger partial charge in [-0.25, -0.2) is 10.0 Å². The van der Waals surface area contributed by atoms with Gasteiger partial charge in [-0.15, -0.1) is 0 Å². The lowest BCUT2D eigenvalue weighted by atomic mass is 10.0. The highest BCUT2D eigenvalue weighted by Gasteiger charge is 2.26. The predicted molar refractivity (Wildman–Crippen MR) is 57.5 cm³/mol. The van der Waals surface area contributed by atoms with Crippen molar-refractivity contribution in [2.24, 2.45) is 5.92 Å². The minimum atomic E-state index is 0.930. The lowest BCUT2D eigenvalue weighted by molar-refractivity contribution is 0.0388. The summed E-state index contributed by atoms with van der Waals surface area (Å²) < 4.78 is 0. The first-order chi connectivity index (χ1) is 6.31. The fraction of sp³-hybridized carbons (Fsp3) is 1.00. The minimum Gasteiger partial charge on any atom is -0.242 e. The van der Waals surface area contributed by atoms with Gasteiger partial charge in [0.15, 0.2) is 0 Å². The Bertz CT molecular complexity index is 124. The fourth-order valence-electron chi connectivity index (χ4n) is 2.22. The van der Waals surface area contributed by atoms with Crippen LogP contribution >= 0.6 is 0 Å². The van der Waals surface area contributed by atoms with Crippen molar-refractivity contribution in [3.05, 3.63) is 0 Å². The highest BCUT2D eigenvalue weighted by atomic mass is 15.6. The van der Waals surface area contributed by atoms with Crippen LogP contribution in [0.2, 0.25) is 0 Å². The van der Waals surface area contributed by atoms with Gasteiger partial charge in [-0.1, -0.05) is 33.6 Å². The van der Waals surface area contributed by atoms with Crippen molar-refractivity contribution in [2.75, 3.05) is 26.2 Å². The van der Waals surface area contributed by atoms with E-state index in [1.807, 2.05) is 0 Å². The Labute approximate surface area is 82.9 Å². The Morgan fingerprint density at radius 3 is 1.92 bits per heavy atom. The Morgan fingerprint density at radius 2 is 1.54 bits per heavy atom. The molecule has 2 nitrogen and oxygen atoms in total. The van der Waals surface area contributed by atoms with Crippen molar-refractivity contribution < 1.29 is 0 Å². The van der Waals surface area contributed by atoms with Gasteiger partial charge < -0.3 is 0 Å². The molecular weight excluding hydrogens is 160 g/mol. The van der Waals surface area contributed by atoms with Gasteiger partial charge in [0.2, 0.25) is 0 Å². The van der Waals surface area contributed by atoms with E-state index in [2.05, 4.69) is 30.8 Å². The zero-order valence-corrected chi connectivity index (χ0v) is 9.42. The molecule has 0 amide bonds. The summed E-state index contributed by atoms with van der Waals surface area (Å²) >= 11 is 0. The number of hydrogen-bond donors (Lipinski definition) is 0. The molecule has 0 radical (unpaired) electrons. The van der Waals surface area contributed by atoms with E-state index in [9.17, 15) is 0 Å². The average Bonchev–Trinajstić information content (AvgIpc) is 2.57. The molecule has 0 atom stereocenters. The predicted octanol–water partition coefficient (Wildman–Crippen LogP) is 2.37. The Morgan fingerprint density at radius 1 is 1.00 bits per heavy atom. The molecule has 1 rings (SSSR count). The maximum Gasteiger partial charge on any atom is 0.0174 e. The summed E-state index contributed by atoms with van der Waals surface area (Å²) in [6, 6.07) is 0. The van der Waals surface area contributed by atoms with Crippen LogP contribution in [0.25, 0.3) is 0 Å². The monoisotopic (exact) mass is 184 g/mol. The van der Waals surface area contributed by atoms with Crippen LogP contribution in [0.4, 0.5) is 0 Å². The van der Waals surface area contributed by atoms with Crippen LogP contribution in [0, 0.1) is 5.92 Å². The van der Waals surface area contributed by atoms with E-state index in [1.165, 1.54) is 45.4 Å². The smallest absolute Gasteiger partial charge is 0.0174 e. The highest BCUT2D eigenvalue weighted by molar-refractivity contribution is 4.74. The molecule has 1 fully saturated rings. The first-order valence-corrected chi connectivity index (χ1v) is 5.81. The zero-order valence-electron chi connectivity index (χ0n) is 9.42. The van der Waals surface area contributed by atoms with E-state index in [0.717, 1.165) is 5.92 Å². The molecule has 0 bridgehead atoms. The molecule has 0 aromatic rings. The van der Waals surface area contributed by atoms with Gasteiger partial charge in [0, 0.05) is 26.2 Å². The van der Waals surface area contributed by atoms with E-state index in [4.69, 9.17) is 0 Å². The third-order valence-electron chi connectivity index (χ3n) is 3.03. The van der Waals surface area contributed by atoms with Gasteiger partial charge in [0.05, 0.1) is 0 Å². The molecule has 1 saturated heterocycles. The second kappa shape index (κ2) is 5.61. The van der Waals surface area contributed by atoms with Gasteiger partial charge in [0.1, 0.15) is 0 Å². The van der Waals surface area contributed by atoms with Crippen LogP contribution in [0.5, 0.6) is 0 Å². The molecule has 0 aromatic heterocycles. The van der Waals surface area contributed by atoms with Crippen molar-refractivity contribution in [3.63, 3.8) is 0 Å². The molecule has 0 aliphatic carbocycles. The second-order valence-corrected chi connectivity index (χ2v) is 4.02. The molecule has 2 heteroatoms. The van der Waals surface area contributed by atoms with Crippen LogP contribution in [0.1, 0.15) is 40.0 Å². The molecule has 1 aliphatic rings. The third-order valence-corrected chi connectivity index (χ3v) is 3.03. The molecule has 1 heterocycles. The number of nitrogens with zero attached hydrogens (tertiary/aromatic N) is 2. The third kappa shape index (κ3) is 2.96. The lowest BCUT2D eigenvalue weighted by Gasteiger charge is -2.24. The molecule has 0 spiro atoms.